The second-order valence-corrected chi connectivity index (χ2v) is 16.1. The third-order valence-electron chi connectivity index (χ3n) is 11.8. The van der Waals surface area contributed by atoms with Gasteiger partial charge in [-0.3, -0.25) is 14.4 Å². The summed E-state index contributed by atoms with van der Waals surface area (Å²) in [6, 6.07) is 24.3. The molecule has 8 rings (SSSR count). The van der Waals surface area contributed by atoms with Crippen LogP contribution in [0.3, 0.4) is 0 Å². The molecule has 4 heterocycles. The fourth-order valence-electron chi connectivity index (χ4n) is 8.57. The number of amides is 4. The number of methoxy groups -OCH3 is 1. The predicted octanol–water partition coefficient (Wildman–Crippen LogP) is 8.01. The first-order chi connectivity index (χ1) is 29.5. The molecule has 0 aliphatic carbocycles. The van der Waals surface area contributed by atoms with Crippen LogP contribution >= 0.6 is 0 Å². The molecule has 2 aliphatic heterocycles. The summed E-state index contributed by atoms with van der Waals surface area (Å²) < 4.78 is 18.5. The molecule has 2 aromatic heterocycles. The summed E-state index contributed by atoms with van der Waals surface area (Å²) in [6.07, 6.45) is 5.96. The third kappa shape index (κ3) is 8.61. The van der Waals surface area contributed by atoms with Crippen molar-refractivity contribution >= 4 is 34.6 Å². The van der Waals surface area contributed by atoms with Gasteiger partial charge in [0, 0.05) is 25.6 Å². The highest BCUT2D eigenvalue weighted by Gasteiger charge is 2.38. The number of carbonyl (C=O) groups excluding carboxylic acids is 4. The van der Waals surface area contributed by atoms with Crippen LogP contribution in [0.4, 0.5) is 9.18 Å². The molecule has 0 spiro atoms. The molecule has 2 fully saturated rings. The van der Waals surface area contributed by atoms with E-state index >= 15 is 0 Å². The first-order valence-corrected chi connectivity index (χ1v) is 20.7. The normalized spacial score (nSPS) is 17.4. The number of aromatic amines is 2. The molecule has 0 unspecified atom stereocenters. The van der Waals surface area contributed by atoms with Gasteiger partial charge in [-0.2, -0.15) is 0 Å². The Kier molecular flexibility index (Phi) is 11.7. The average Bonchev–Trinajstić information content (AvgIpc) is 4.11. The van der Waals surface area contributed by atoms with Crippen LogP contribution in [-0.2, 0) is 19.1 Å². The molecule has 314 valence electrons. The van der Waals surface area contributed by atoms with Crippen LogP contribution in [0.25, 0.3) is 44.4 Å². The number of alkyl carbamates (subject to hydrolysis) is 1. The minimum absolute atomic E-state index is 0.0365. The number of ether oxygens (including phenoxy) is 1. The van der Waals surface area contributed by atoms with E-state index in [1.807, 2.05) is 37.1 Å². The molecule has 0 radical (unpaired) electrons. The van der Waals surface area contributed by atoms with Crippen LogP contribution in [0.2, 0.25) is 0 Å². The standard InChI is InChI=1S/C47H49FN8O5/c1-27(2)41(51-28(3)57)45(58)55-21-5-7-39(55)44-50-26-38(53-44)35-16-15-33-23-32(13-14-34(33)24-35)29-9-11-30(12-10-29)37-25-49-43(52-37)40-8-6-22-56(40)46(59)42(54-47(60)61-4)31-17-19-36(48)20-18-31/h9-20,23-27,39-42H,5-8,21-22H2,1-4H3,(H,49,52)(H,50,53)(H,51,57)(H,54,60)/t39-,40-,41-,42+/m0/s1. The number of halogens is 1. The lowest BCUT2D eigenvalue weighted by molar-refractivity contribution is -0.138. The van der Waals surface area contributed by atoms with Gasteiger partial charge >= 0.3 is 6.09 Å². The van der Waals surface area contributed by atoms with Crippen molar-refractivity contribution in [1.82, 2.24) is 40.4 Å². The van der Waals surface area contributed by atoms with Crippen molar-refractivity contribution in [3.63, 3.8) is 0 Å². The number of hydrogen-bond donors (Lipinski definition) is 4. The Morgan fingerprint density at radius 1 is 0.705 bits per heavy atom. The van der Waals surface area contributed by atoms with E-state index in [0.29, 0.717) is 30.9 Å². The highest BCUT2D eigenvalue weighted by molar-refractivity contribution is 5.91. The molecule has 4 amide bonds. The van der Waals surface area contributed by atoms with Crippen LogP contribution in [-0.4, -0.2) is 79.8 Å². The van der Waals surface area contributed by atoms with E-state index in [9.17, 15) is 23.6 Å². The van der Waals surface area contributed by atoms with Gasteiger partial charge in [-0.25, -0.2) is 19.2 Å². The van der Waals surface area contributed by atoms with Crippen molar-refractivity contribution in [2.75, 3.05) is 20.2 Å². The van der Waals surface area contributed by atoms with Gasteiger partial charge in [-0.15, -0.1) is 0 Å². The first-order valence-electron chi connectivity index (χ1n) is 20.7. The number of hydrogen-bond acceptors (Lipinski definition) is 7. The van der Waals surface area contributed by atoms with Crippen molar-refractivity contribution in [3.8, 4) is 33.6 Å². The van der Waals surface area contributed by atoms with Gasteiger partial charge in [0.15, 0.2) is 0 Å². The molecule has 0 saturated carbocycles. The van der Waals surface area contributed by atoms with Gasteiger partial charge in [-0.1, -0.05) is 74.5 Å². The van der Waals surface area contributed by atoms with E-state index in [-0.39, 0.29) is 35.7 Å². The van der Waals surface area contributed by atoms with E-state index < -0.39 is 24.0 Å². The van der Waals surface area contributed by atoms with Crippen LogP contribution < -0.4 is 10.6 Å². The second-order valence-electron chi connectivity index (χ2n) is 16.1. The van der Waals surface area contributed by atoms with E-state index in [2.05, 4.69) is 74.1 Å². The number of imidazole rings is 2. The summed E-state index contributed by atoms with van der Waals surface area (Å²) in [5.74, 6) is 0.289. The molecular weight excluding hydrogens is 776 g/mol. The Balaban J connectivity index is 0.946. The number of H-pyrrole nitrogens is 2. The molecule has 0 bridgehead atoms. The summed E-state index contributed by atoms with van der Waals surface area (Å²) >= 11 is 0. The van der Waals surface area contributed by atoms with Crippen molar-refractivity contribution < 1.29 is 28.3 Å². The predicted molar refractivity (Wildman–Crippen MR) is 229 cm³/mol. The topological polar surface area (TPSA) is 165 Å². The van der Waals surface area contributed by atoms with Crippen molar-refractivity contribution in [3.05, 3.63) is 120 Å². The van der Waals surface area contributed by atoms with E-state index in [1.165, 1.54) is 38.3 Å². The summed E-state index contributed by atoms with van der Waals surface area (Å²) in [6.45, 7) is 6.42. The molecule has 61 heavy (non-hydrogen) atoms. The Bertz CT molecular complexity index is 2570. The SMILES string of the molecule is COC(=O)N[C@@H](C(=O)N1CCC[C@H]1c1ncc(-c2ccc(-c3ccc4cc(-c5cnc([C@@H]6CCCN6C(=O)[C@@H](NC(C)=O)C(C)C)[nH]5)ccc4c3)cc2)[nH]1)c1ccc(F)cc1. The zero-order chi connectivity index (χ0) is 42.8. The number of carbonyl (C=O) groups is 4. The fraction of sp³-hybridized carbons (Fsp3) is 0.319. The molecule has 6 aromatic rings. The molecule has 4 atom stereocenters. The van der Waals surface area contributed by atoms with Gasteiger partial charge in [0.25, 0.3) is 5.91 Å². The van der Waals surface area contributed by atoms with Crippen molar-refractivity contribution in [1.29, 1.82) is 0 Å². The fourth-order valence-corrected chi connectivity index (χ4v) is 8.57. The maximum atomic E-state index is 13.9. The van der Waals surface area contributed by atoms with Crippen LogP contribution in [0, 0.1) is 11.7 Å². The zero-order valence-electron chi connectivity index (χ0n) is 34.6. The van der Waals surface area contributed by atoms with Crippen LogP contribution in [0.5, 0.6) is 0 Å². The van der Waals surface area contributed by atoms with Crippen molar-refractivity contribution in [2.24, 2.45) is 5.92 Å². The zero-order valence-corrected chi connectivity index (χ0v) is 34.6. The molecular formula is C47H49FN8O5. The molecule has 2 aliphatic rings. The monoisotopic (exact) mass is 824 g/mol. The Morgan fingerprint density at radius 3 is 1.80 bits per heavy atom. The summed E-state index contributed by atoms with van der Waals surface area (Å²) in [7, 11) is 1.23. The number of rotatable bonds is 11. The van der Waals surface area contributed by atoms with E-state index in [4.69, 9.17) is 9.72 Å². The number of nitrogens with zero attached hydrogens (tertiary/aromatic N) is 4. The lowest BCUT2D eigenvalue weighted by Crippen LogP contribution is -2.50. The summed E-state index contributed by atoms with van der Waals surface area (Å²) in [4.78, 5) is 71.4. The average molecular weight is 825 g/mol. The Hall–Kier alpha value is -6.83. The van der Waals surface area contributed by atoms with Crippen LogP contribution in [0.15, 0.2) is 97.3 Å². The smallest absolute Gasteiger partial charge is 0.407 e. The molecule has 2 saturated heterocycles. The lowest BCUT2D eigenvalue weighted by Gasteiger charge is -2.30. The van der Waals surface area contributed by atoms with Gasteiger partial charge < -0.3 is 35.1 Å². The van der Waals surface area contributed by atoms with Gasteiger partial charge in [0.2, 0.25) is 11.8 Å². The Labute approximate surface area is 353 Å². The number of benzene rings is 4. The van der Waals surface area contributed by atoms with Gasteiger partial charge in [0.1, 0.15) is 29.5 Å². The van der Waals surface area contributed by atoms with Gasteiger partial charge in [-0.05, 0) is 88.9 Å². The maximum absolute atomic E-state index is 13.9. The minimum Gasteiger partial charge on any atom is -0.453 e. The highest BCUT2D eigenvalue weighted by atomic mass is 19.1. The quantitative estimate of drug-likeness (QED) is 0.103. The number of fused-ring (bicyclic) bond motifs is 1. The molecule has 14 heteroatoms. The molecule has 13 nitrogen and oxygen atoms in total. The molecule has 4 aromatic carbocycles. The summed E-state index contributed by atoms with van der Waals surface area (Å²) in [5, 5.41) is 7.62. The van der Waals surface area contributed by atoms with E-state index in [0.717, 1.165) is 69.5 Å². The number of aromatic nitrogens is 4. The third-order valence-corrected chi connectivity index (χ3v) is 11.8. The molecule has 4 N–H and O–H groups in total. The van der Waals surface area contributed by atoms with E-state index in [1.54, 1.807) is 11.1 Å². The first kappa shape index (κ1) is 40.9. The minimum atomic E-state index is -1.05. The lowest BCUT2D eigenvalue weighted by atomic mass is 9.98. The maximum Gasteiger partial charge on any atom is 0.407 e. The number of nitrogens with one attached hydrogen (secondary N) is 4. The Morgan fingerprint density at radius 2 is 1.23 bits per heavy atom. The second kappa shape index (κ2) is 17.4. The number of likely N-dealkylation sites (tertiary alicyclic amines) is 2. The van der Waals surface area contributed by atoms with Crippen LogP contribution in [0.1, 0.15) is 81.8 Å². The summed E-state index contributed by atoms with van der Waals surface area (Å²) in [5.41, 5.74) is 6.20. The van der Waals surface area contributed by atoms with Gasteiger partial charge in [0.05, 0.1) is 43.0 Å². The van der Waals surface area contributed by atoms with Crippen molar-refractivity contribution in [2.45, 2.75) is 70.6 Å². The largest absolute Gasteiger partial charge is 0.453 e. The highest BCUT2D eigenvalue weighted by Crippen LogP contribution is 2.36.